The highest BCUT2D eigenvalue weighted by atomic mass is 19.1. The molecule has 0 radical (unpaired) electrons. The van der Waals surface area contributed by atoms with Gasteiger partial charge in [-0.3, -0.25) is 4.90 Å². The Labute approximate surface area is 119 Å². The van der Waals surface area contributed by atoms with Gasteiger partial charge in [-0.25, -0.2) is 4.39 Å². The van der Waals surface area contributed by atoms with Crippen molar-refractivity contribution >= 4 is 0 Å². The van der Waals surface area contributed by atoms with E-state index in [1.807, 2.05) is 25.2 Å². The van der Waals surface area contributed by atoms with Crippen LogP contribution in [0.1, 0.15) is 23.8 Å². The zero-order chi connectivity index (χ0) is 14.4. The molecule has 2 aromatic rings. The highest BCUT2D eigenvalue weighted by Gasteiger charge is 2.11. The third-order valence-corrected chi connectivity index (χ3v) is 3.40. The van der Waals surface area contributed by atoms with Gasteiger partial charge in [0, 0.05) is 12.6 Å². The van der Waals surface area contributed by atoms with E-state index in [2.05, 4.69) is 17.3 Å². The first kappa shape index (κ1) is 14.8. The molecule has 3 nitrogen and oxygen atoms in total. The number of hydrogen-bond acceptors (Lipinski definition) is 3. The van der Waals surface area contributed by atoms with Crippen molar-refractivity contribution in [2.45, 2.75) is 19.0 Å². The number of nitrogens with zero attached hydrogens (tertiary/aromatic N) is 1. The van der Waals surface area contributed by atoms with Crippen LogP contribution in [0, 0.1) is 5.82 Å². The van der Waals surface area contributed by atoms with Crippen LogP contribution < -0.4 is 5.32 Å². The van der Waals surface area contributed by atoms with Gasteiger partial charge >= 0.3 is 0 Å². The smallest absolute Gasteiger partial charge is 0.123 e. The van der Waals surface area contributed by atoms with Gasteiger partial charge in [0.2, 0.25) is 0 Å². The summed E-state index contributed by atoms with van der Waals surface area (Å²) in [6.07, 6.45) is 2.60. The number of rotatable bonds is 7. The largest absolute Gasteiger partial charge is 0.468 e. The molecule has 0 saturated carbocycles. The van der Waals surface area contributed by atoms with Gasteiger partial charge in [0.05, 0.1) is 12.8 Å². The first-order chi connectivity index (χ1) is 9.69. The van der Waals surface area contributed by atoms with Crippen molar-refractivity contribution < 1.29 is 8.81 Å². The topological polar surface area (TPSA) is 28.4 Å². The Morgan fingerprint density at radius 3 is 2.80 bits per heavy atom. The number of furan rings is 1. The fraction of sp³-hybridized carbons (Fsp3) is 0.375. The van der Waals surface area contributed by atoms with Crippen LogP contribution in [0.4, 0.5) is 4.39 Å². The van der Waals surface area contributed by atoms with Gasteiger partial charge in [-0.2, -0.15) is 0 Å². The van der Waals surface area contributed by atoms with E-state index >= 15 is 0 Å². The molecule has 0 fully saturated rings. The van der Waals surface area contributed by atoms with Crippen LogP contribution >= 0.6 is 0 Å². The lowest BCUT2D eigenvalue weighted by molar-refractivity contribution is 0.278. The molecule has 0 spiro atoms. The molecular weight excluding hydrogens is 255 g/mol. The van der Waals surface area contributed by atoms with Crippen molar-refractivity contribution in [2.75, 3.05) is 20.6 Å². The Bertz CT molecular complexity index is 513. The summed E-state index contributed by atoms with van der Waals surface area (Å²) in [4.78, 5) is 2.20. The highest BCUT2D eigenvalue weighted by Crippen LogP contribution is 2.18. The standard InChI is InChI=1S/C16H21FN2O/c1-18-16(13-5-3-6-14(17)11-13)8-9-19(2)12-15-7-4-10-20-15/h3-7,10-11,16,18H,8-9,12H2,1-2H3. The van der Waals surface area contributed by atoms with Crippen LogP contribution in [0.25, 0.3) is 0 Å². The van der Waals surface area contributed by atoms with Gasteiger partial charge in [-0.15, -0.1) is 0 Å². The first-order valence-corrected chi connectivity index (χ1v) is 6.82. The van der Waals surface area contributed by atoms with Gasteiger partial charge in [-0.05, 0) is 50.3 Å². The minimum Gasteiger partial charge on any atom is -0.468 e. The van der Waals surface area contributed by atoms with E-state index < -0.39 is 0 Å². The van der Waals surface area contributed by atoms with Gasteiger partial charge in [-0.1, -0.05) is 12.1 Å². The normalized spacial score (nSPS) is 12.8. The lowest BCUT2D eigenvalue weighted by atomic mass is 10.0. The third kappa shape index (κ3) is 4.18. The Morgan fingerprint density at radius 2 is 2.15 bits per heavy atom. The minimum absolute atomic E-state index is 0.157. The molecule has 20 heavy (non-hydrogen) atoms. The van der Waals surface area contributed by atoms with Crippen molar-refractivity contribution in [3.63, 3.8) is 0 Å². The third-order valence-electron chi connectivity index (χ3n) is 3.40. The van der Waals surface area contributed by atoms with E-state index in [4.69, 9.17) is 4.42 Å². The summed E-state index contributed by atoms with van der Waals surface area (Å²) in [6.45, 7) is 1.69. The maximum absolute atomic E-state index is 13.3. The van der Waals surface area contributed by atoms with E-state index in [1.54, 1.807) is 18.4 Å². The maximum Gasteiger partial charge on any atom is 0.123 e. The molecule has 2 rings (SSSR count). The molecular formula is C16H21FN2O. The average molecular weight is 276 g/mol. The second kappa shape index (κ2) is 7.22. The van der Waals surface area contributed by atoms with E-state index in [1.165, 1.54) is 6.07 Å². The van der Waals surface area contributed by atoms with Crippen molar-refractivity contribution in [1.29, 1.82) is 0 Å². The van der Waals surface area contributed by atoms with Crippen molar-refractivity contribution in [3.8, 4) is 0 Å². The molecule has 1 unspecified atom stereocenters. The summed E-state index contributed by atoms with van der Waals surface area (Å²) in [5.41, 5.74) is 0.985. The highest BCUT2D eigenvalue weighted by molar-refractivity contribution is 5.20. The van der Waals surface area contributed by atoms with Gasteiger partial charge in [0.25, 0.3) is 0 Å². The number of hydrogen-bond donors (Lipinski definition) is 1. The molecule has 0 aliphatic heterocycles. The van der Waals surface area contributed by atoms with Gasteiger partial charge in [0.1, 0.15) is 11.6 Å². The Hall–Kier alpha value is -1.65. The molecule has 1 atom stereocenters. The summed E-state index contributed by atoms with van der Waals surface area (Å²) in [7, 11) is 3.96. The minimum atomic E-state index is -0.188. The summed E-state index contributed by atoms with van der Waals surface area (Å²) in [5.74, 6) is 0.769. The molecule has 0 bridgehead atoms. The van der Waals surface area contributed by atoms with E-state index in [9.17, 15) is 4.39 Å². The molecule has 0 amide bonds. The molecule has 1 N–H and O–H groups in total. The monoisotopic (exact) mass is 276 g/mol. The zero-order valence-corrected chi connectivity index (χ0v) is 12.0. The fourth-order valence-electron chi connectivity index (χ4n) is 2.30. The van der Waals surface area contributed by atoms with Crippen LogP contribution in [0.15, 0.2) is 47.1 Å². The number of benzene rings is 1. The summed E-state index contributed by atoms with van der Waals surface area (Å²) in [6, 6.07) is 10.8. The second-order valence-electron chi connectivity index (χ2n) is 5.00. The zero-order valence-electron chi connectivity index (χ0n) is 12.0. The van der Waals surface area contributed by atoms with Crippen LogP contribution in [-0.2, 0) is 6.54 Å². The molecule has 0 saturated heterocycles. The van der Waals surface area contributed by atoms with Crippen molar-refractivity contribution in [3.05, 3.63) is 59.8 Å². The quantitative estimate of drug-likeness (QED) is 0.842. The van der Waals surface area contributed by atoms with Crippen LogP contribution in [0.5, 0.6) is 0 Å². The van der Waals surface area contributed by atoms with Crippen molar-refractivity contribution in [1.82, 2.24) is 10.2 Å². The predicted molar refractivity (Wildman–Crippen MR) is 77.9 cm³/mol. The molecule has 0 aliphatic carbocycles. The fourth-order valence-corrected chi connectivity index (χ4v) is 2.30. The molecule has 4 heteroatoms. The van der Waals surface area contributed by atoms with Gasteiger partial charge < -0.3 is 9.73 Å². The lowest BCUT2D eigenvalue weighted by Gasteiger charge is -2.21. The van der Waals surface area contributed by atoms with Crippen LogP contribution in [-0.4, -0.2) is 25.5 Å². The van der Waals surface area contributed by atoms with E-state index in [-0.39, 0.29) is 11.9 Å². The summed E-state index contributed by atoms with van der Waals surface area (Å²) >= 11 is 0. The summed E-state index contributed by atoms with van der Waals surface area (Å²) < 4.78 is 18.6. The molecule has 0 aliphatic rings. The average Bonchev–Trinajstić information content (AvgIpc) is 2.92. The van der Waals surface area contributed by atoms with Crippen LogP contribution in [0.3, 0.4) is 0 Å². The Balaban J connectivity index is 1.87. The SMILES string of the molecule is CNC(CCN(C)Cc1ccco1)c1cccc(F)c1. The molecule has 1 aromatic heterocycles. The van der Waals surface area contributed by atoms with Crippen molar-refractivity contribution in [2.24, 2.45) is 0 Å². The Morgan fingerprint density at radius 1 is 1.30 bits per heavy atom. The second-order valence-corrected chi connectivity index (χ2v) is 5.00. The molecule has 1 aromatic carbocycles. The predicted octanol–water partition coefficient (Wildman–Crippen LogP) is 3.20. The Kier molecular flexibility index (Phi) is 5.32. The number of halogens is 1. The summed E-state index contributed by atoms with van der Waals surface area (Å²) in [5, 5.41) is 3.24. The lowest BCUT2D eigenvalue weighted by Crippen LogP contribution is -2.25. The van der Waals surface area contributed by atoms with E-state index in [0.717, 1.165) is 30.8 Å². The van der Waals surface area contributed by atoms with Crippen LogP contribution in [0.2, 0.25) is 0 Å². The van der Waals surface area contributed by atoms with Gasteiger partial charge in [0.15, 0.2) is 0 Å². The number of nitrogens with one attached hydrogen (secondary N) is 1. The maximum atomic E-state index is 13.3. The molecule has 108 valence electrons. The first-order valence-electron chi connectivity index (χ1n) is 6.82. The van der Waals surface area contributed by atoms with E-state index in [0.29, 0.717) is 0 Å². The molecule has 1 heterocycles.